The zero-order valence-electron chi connectivity index (χ0n) is 20.4. The number of nitriles is 1. The standard InChI is InChI=1S/C29H29BrN2O3/c1-5-21-9-11-25(12-10-21)32-29(33)24(17-31)14-23-15-26(30)28(27(16-23)34-6-2)35-18-22-8-7-19(3)20(4)13-22/h7-16H,5-6,18H2,1-4H3,(H,32,33)/b24-14+. The average Bonchev–Trinajstić information content (AvgIpc) is 2.84. The summed E-state index contributed by atoms with van der Waals surface area (Å²) in [6.45, 7) is 8.94. The molecule has 0 atom stereocenters. The summed E-state index contributed by atoms with van der Waals surface area (Å²) in [5, 5.41) is 12.4. The molecule has 0 radical (unpaired) electrons. The minimum atomic E-state index is -0.471. The molecule has 0 fully saturated rings. The maximum Gasteiger partial charge on any atom is 0.266 e. The fourth-order valence-corrected chi connectivity index (χ4v) is 4.03. The van der Waals surface area contributed by atoms with Crippen molar-refractivity contribution in [2.24, 2.45) is 0 Å². The fourth-order valence-electron chi connectivity index (χ4n) is 3.46. The summed E-state index contributed by atoms with van der Waals surface area (Å²) in [7, 11) is 0. The SMILES string of the molecule is CCOc1cc(/C=C(\C#N)C(=O)Nc2ccc(CC)cc2)cc(Br)c1OCc1ccc(C)c(C)c1. The number of nitrogens with one attached hydrogen (secondary N) is 1. The van der Waals surface area contributed by atoms with Crippen molar-refractivity contribution >= 4 is 33.6 Å². The van der Waals surface area contributed by atoms with Gasteiger partial charge in [-0.1, -0.05) is 37.3 Å². The van der Waals surface area contributed by atoms with E-state index in [9.17, 15) is 10.1 Å². The van der Waals surface area contributed by atoms with E-state index in [1.54, 1.807) is 12.1 Å². The van der Waals surface area contributed by atoms with Crippen LogP contribution in [0.1, 0.15) is 41.7 Å². The van der Waals surface area contributed by atoms with E-state index >= 15 is 0 Å². The van der Waals surface area contributed by atoms with E-state index < -0.39 is 5.91 Å². The van der Waals surface area contributed by atoms with Crippen LogP contribution in [0.15, 0.2) is 64.6 Å². The Kier molecular flexibility index (Phi) is 9.11. The summed E-state index contributed by atoms with van der Waals surface area (Å²) in [4.78, 5) is 12.7. The van der Waals surface area contributed by atoms with Gasteiger partial charge in [-0.05, 0) is 101 Å². The van der Waals surface area contributed by atoms with Crippen LogP contribution in [0.2, 0.25) is 0 Å². The lowest BCUT2D eigenvalue weighted by Gasteiger charge is -2.15. The van der Waals surface area contributed by atoms with Crippen LogP contribution < -0.4 is 14.8 Å². The number of carbonyl (C=O) groups is 1. The Morgan fingerprint density at radius 3 is 2.34 bits per heavy atom. The topological polar surface area (TPSA) is 71.3 Å². The van der Waals surface area contributed by atoms with Crippen LogP contribution in [-0.4, -0.2) is 12.5 Å². The highest BCUT2D eigenvalue weighted by Gasteiger charge is 2.15. The number of benzene rings is 3. The van der Waals surface area contributed by atoms with Gasteiger partial charge in [0.05, 0.1) is 11.1 Å². The third-order valence-electron chi connectivity index (χ3n) is 5.58. The Morgan fingerprint density at radius 2 is 1.71 bits per heavy atom. The molecule has 6 heteroatoms. The zero-order chi connectivity index (χ0) is 25.4. The molecule has 1 N–H and O–H groups in total. The van der Waals surface area contributed by atoms with E-state index in [2.05, 4.69) is 54.2 Å². The van der Waals surface area contributed by atoms with E-state index in [0.29, 0.717) is 40.4 Å². The van der Waals surface area contributed by atoms with Crippen LogP contribution >= 0.6 is 15.9 Å². The molecule has 0 heterocycles. The largest absolute Gasteiger partial charge is 0.490 e. The van der Waals surface area contributed by atoms with E-state index in [-0.39, 0.29) is 5.57 Å². The van der Waals surface area contributed by atoms with E-state index in [1.165, 1.54) is 22.8 Å². The summed E-state index contributed by atoms with van der Waals surface area (Å²) in [5.74, 6) is 0.631. The fraction of sp³-hybridized carbons (Fsp3) is 0.241. The first kappa shape index (κ1) is 26.1. The molecule has 0 bridgehead atoms. The Balaban J connectivity index is 1.82. The van der Waals surface area contributed by atoms with Gasteiger partial charge in [0, 0.05) is 5.69 Å². The first-order chi connectivity index (χ1) is 16.8. The number of nitrogens with zero attached hydrogens (tertiary/aromatic N) is 1. The van der Waals surface area contributed by atoms with E-state index in [1.807, 2.05) is 43.3 Å². The highest BCUT2D eigenvalue weighted by Crippen LogP contribution is 2.38. The molecule has 5 nitrogen and oxygen atoms in total. The molecule has 35 heavy (non-hydrogen) atoms. The van der Waals surface area contributed by atoms with Crippen molar-refractivity contribution in [3.63, 3.8) is 0 Å². The molecule has 3 rings (SSSR count). The number of aryl methyl sites for hydroxylation is 3. The second kappa shape index (κ2) is 12.2. The van der Waals surface area contributed by atoms with Gasteiger partial charge in [-0.3, -0.25) is 4.79 Å². The van der Waals surface area contributed by atoms with E-state index in [4.69, 9.17) is 9.47 Å². The molecule has 0 saturated heterocycles. The van der Waals surface area contributed by atoms with Gasteiger partial charge >= 0.3 is 0 Å². The van der Waals surface area contributed by atoms with Gasteiger partial charge in [0.15, 0.2) is 11.5 Å². The number of amides is 1. The second-order valence-corrected chi connectivity index (χ2v) is 9.00. The van der Waals surface area contributed by atoms with Gasteiger partial charge in [0.25, 0.3) is 5.91 Å². The lowest BCUT2D eigenvalue weighted by atomic mass is 10.1. The minimum Gasteiger partial charge on any atom is -0.490 e. The van der Waals surface area contributed by atoms with Gasteiger partial charge in [-0.15, -0.1) is 0 Å². The molecule has 180 valence electrons. The number of rotatable bonds is 9. The zero-order valence-corrected chi connectivity index (χ0v) is 22.0. The Labute approximate surface area is 215 Å². The highest BCUT2D eigenvalue weighted by atomic mass is 79.9. The van der Waals surface area contributed by atoms with Crippen molar-refractivity contribution in [1.82, 2.24) is 0 Å². The molecule has 0 aliphatic carbocycles. The first-order valence-electron chi connectivity index (χ1n) is 11.5. The molecule has 0 aliphatic rings. The molecule has 0 saturated carbocycles. The van der Waals surface area contributed by atoms with Crippen LogP contribution in [0.5, 0.6) is 11.5 Å². The van der Waals surface area contributed by atoms with Crippen molar-refractivity contribution in [3.8, 4) is 17.6 Å². The van der Waals surface area contributed by atoms with Crippen molar-refractivity contribution in [2.75, 3.05) is 11.9 Å². The minimum absolute atomic E-state index is 0.0114. The van der Waals surface area contributed by atoms with Crippen molar-refractivity contribution in [2.45, 2.75) is 40.7 Å². The predicted molar refractivity (Wildman–Crippen MR) is 144 cm³/mol. The Hall–Kier alpha value is -3.56. The molecule has 0 aromatic heterocycles. The van der Waals surface area contributed by atoms with Crippen LogP contribution in [0.4, 0.5) is 5.69 Å². The van der Waals surface area contributed by atoms with E-state index in [0.717, 1.165) is 12.0 Å². The van der Waals surface area contributed by atoms with Crippen molar-refractivity contribution < 1.29 is 14.3 Å². The third kappa shape index (κ3) is 6.97. The third-order valence-corrected chi connectivity index (χ3v) is 6.17. The maximum atomic E-state index is 12.7. The summed E-state index contributed by atoms with van der Waals surface area (Å²) in [6.07, 6.45) is 2.45. The van der Waals surface area contributed by atoms with Crippen LogP contribution in [0.25, 0.3) is 6.08 Å². The molecule has 3 aromatic carbocycles. The molecule has 0 unspecified atom stereocenters. The van der Waals surface area contributed by atoms with Crippen LogP contribution in [0, 0.1) is 25.2 Å². The lowest BCUT2D eigenvalue weighted by molar-refractivity contribution is -0.112. The molecule has 0 aliphatic heterocycles. The monoisotopic (exact) mass is 532 g/mol. The average molecular weight is 533 g/mol. The molecular formula is C29H29BrN2O3. The quantitative estimate of drug-likeness (QED) is 0.234. The smallest absolute Gasteiger partial charge is 0.266 e. The Bertz CT molecular complexity index is 1270. The highest BCUT2D eigenvalue weighted by molar-refractivity contribution is 9.10. The summed E-state index contributed by atoms with van der Waals surface area (Å²) >= 11 is 3.57. The summed E-state index contributed by atoms with van der Waals surface area (Å²) in [6, 6.07) is 19.4. The number of hydrogen-bond acceptors (Lipinski definition) is 4. The van der Waals surface area contributed by atoms with Crippen molar-refractivity contribution in [3.05, 3.63) is 92.5 Å². The molecule has 1 amide bonds. The molecule has 3 aromatic rings. The first-order valence-corrected chi connectivity index (χ1v) is 12.3. The van der Waals surface area contributed by atoms with Crippen LogP contribution in [-0.2, 0) is 17.8 Å². The number of ether oxygens (including phenoxy) is 2. The lowest BCUT2D eigenvalue weighted by Crippen LogP contribution is -2.13. The molecule has 0 spiro atoms. The van der Waals surface area contributed by atoms with Crippen LogP contribution in [0.3, 0.4) is 0 Å². The predicted octanol–water partition coefficient (Wildman–Crippen LogP) is 7.15. The van der Waals surface area contributed by atoms with Gasteiger partial charge in [0.2, 0.25) is 0 Å². The maximum absolute atomic E-state index is 12.7. The molecular weight excluding hydrogens is 504 g/mol. The summed E-state index contributed by atoms with van der Waals surface area (Å²) < 4.78 is 12.6. The van der Waals surface area contributed by atoms with Gasteiger partial charge in [-0.2, -0.15) is 5.26 Å². The second-order valence-electron chi connectivity index (χ2n) is 8.14. The Morgan fingerprint density at radius 1 is 1.00 bits per heavy atom. The van der Waals surface area contributed by atoms with Crippen molar-refractivity contribution in [1.29, 1.82) is 5.26 Å². The number of carbonyl (C=O) groups excluding carboxylic acids is 1. The van der Waals surface area contributed by atoms with Gasteiger partial charge in [0.1, 0.15) is 18.2 Å². The normalized spacial score (nSPS) is 11.0. The number of anilines is 1. The summed E-state index contributed by atoms with van der Waals surface area (Å²) in [5.41, 5.74) is 5.94. The van der Waals surface area contributed by atoms with Gasteiger partial charge in [-0.25, -0.2) is 0 Å². The number of halogens is 1. The number of hydrogen-bond donors (Lipinski definition) is 1. The van der Waals surface area contributed by atoms with Gasteiger partial charge < -0.3 is 14.8 Å².